The molecule has 1 aliphatic heterocycles. The van der Waals surface area contributed by atoms with Gasteiger partial charge in [-0.15, -0.1) is 24.0 Å². The standard InChI is InChI=1S/C14H22N4.HI/c1-12(11-17-14-15-9-6-10-16-14)18(2)13-7-4-3-5-8-13;/h3-5,7-8,12H,6,9-11H2,1-2H3,(H2,15,16,17);1H. The highest BCUT2D eigenvalue weighted by molar-refractivity contribution is 14.0. The van der Waals surface area contributed by atoms with Crippen LogP contribution >= 0.6 is 24.0 Å². The van der Waals surface area contributed by atoms with Crippen LogP contribution in [-0.4, -0.2) is 38.7 Å². The van der Waals surface area contributed by atoms with Crippen molar-refractivity contribution in [3.63, 3.8) is 0 Å². The number of nitrogens with zero attached hydrogens (tertiary/aromatic N) is 2. The molecule has 0 saturated carbocycles. The molecule has 106 valence electrons. The van der Waals surface area contributed by atoms with E-state index in [4.69, 9.17) is 0 Å². The maximum Gasteiger partial charge on any atom is 0.191 e. The van der Waals surface area contributed by atoms with Gasteiger partial charge < -0.3 is 15.5 Å². The van der Waals surface area contributed by atoms with Crippen LogP contribution in [0.5, 0.6) is 0 Å². The average Bonchev–Trinajstić information content (AvgIpc) is 2.46. The lowest BCUT2D eigenvalue weighted by atomic mass is 10.2. The first kappa shape index (κ1) is 16.1. The van der Waals surface area contributed by atoms with Crippen LogP contribution in [0.4, 0.5) is 5.69 Å². The molecule has 1 heterocycles. The van der Waals surface area contributed by atoms with Crippen molar-refractivity contribution in [2.75, 3.05) is 31.6 Å². The highest BCUT2D eigenvalue weighted by atomic mass is 127. The van der Waals surface area contributed by atoms with E-state index in [0.717, 1.165) is 32.0 Å². The fourth-order valence-corrected chi connectivity index (χ4v) is 1.95. The zero-order valence-electron chi connectivity index (χ0n) is 11.6. The molecule has 1 atom stereocenters. The van der Waals surface area contributed by atoms with Gasteiger partial charge in [-0.1, -0.05) is 18.2 Å². The summed E-state index contributed by atoms with van der Waals surface area (Å²) in [5.74, 6) is 0.939. The minimum Gasteiger partial charge on any atom is -0.370 e. The molecule has 0 fully saturated rings. The largest absolute Gasteiger partial charge is 0.370 e. The maximum atomic E-state index is 4.41. The Morgan fingerprint density at radius 3 is 2.74 bits per heavy atom. The number of hydrogen-bond donors (Lipinski definition) is 2. The van der Waals surface area contributed by atoms with Crippen molar-refractivity contribution in [3.8, 4) is 0 Å². The van der Waals surface area contributed by atoms with Gasteiger partial charge in [0.25, 0.3) is 0 Å². The summed E-state index contributed by atoms with van der Waals surface area (Å²) >= 11 is 0. The fraction of sp³-hybridized carbons (Fsp3) is 0.500. The molecule has 0 spiro atoms. The molecular formula is C14H23IN4. The van der Waals surface area contributed by atoms with Gasteiger partial charge in [0.05, 0.1) is 0 Å². The molecule has 4 nitrogen and oxygen atoms in total. The summed E-state index contributed by atoms with van der Waals surface area (Å²) in [6, 6.07) is 10.9. The van der Waals surface area contributed by atoms with E-state index in [1.807, 2.05) is 6.07 Å². The molecule has 0 amide bonds. The first-order valence-electron chi connectivity index (χ1n) is 6.57. The Hall–Kier alpha value is -0.980. The van der Waals surface area contributed by atoms with Crippen LogP contribution in [0, 0.1) is 0 Å². The molecule has 19 heavy (non-hydrogen) atoms. The van der Waals surface area contributed by atoms with Gasteiger partial charge in [-0.3, -0.25) is 4.99 Å². The van der Waals surface area contributed by atoms with E-state index in [9.17, 15) is 0 Å². The third-order valence-electron chi connectivity index (χ3n) is 3.29. The number of anilines is 1. The van der Waals surface area contributed by atoms with Crippen molar-refractivity contribution in [3.05, 3.63) is 30.3 Å². The summed E-state index contributed by atoms with van der Waals surface area (Å²) in [6.45, 7) is 5.05. The molecule has 0 radical (unpaired) electrons. The van der Waals surface area contributed by atoms with Gasteiger partial charge in [-0.2, -0.15) is 0 Å². The zero-order chi connectivity index (χ0) is 12.8. The second-order valence-corrected chi connectivity index (χ2v) is 4.69. The van der Waals surface area contributed by atoms with Gasteiger partial charge in [0, 0.05) is 38.4 Å². The van der Waals surface area contributed by atoms with Gasteiger partial charge in [-0.05, 0) is 25.5 Å². The van der Waals surface area contributed by atoms with Crippen LogP contribution in [-0.2, 0) is 0 Å². The molecule has 0 aromatic heterocycles. The van der Waals surface area contributed by atoms with Crippen LogP contribution in [0.25, 0.3) is 0 Å². The molecule has 5 heteroatoms. The monoisotopic (exact) mass is 374 g/mol. The van der Waals surface area contributed by atoms with E-state index in [1.165, 1.54) is 5.69 Å². The quantitative estimate of drug-likeness (QED) is 0.793. The number of guanidine groups is 1. The summed E-state index contributed by atoms with van der Waals surface area (Å²) in [7, 11) is 2.12. The summed E-state index contributed by atoms with van der Waals surface area (Å²) in [5, 5.41) is 6.64. The molecular weight excluding hydrogens is 351 g/mol. The highest BCUT2D eigenvalue weighted by Crippen LogP contribution is 2.13. The van der Waals surface area contributed by atoms with Crippen LogP contribution < -0.4 is 15.5 Å². The average molecular weight is 374 g/mol. The van der Waals surface area contributed by atoms with Crippen molar-refractivity contribution in [1.29, 1.82) is 0 Å². The minimum absolute atomic E-state index is 0. The lowest BCUT2D eigenvalue weighted by molar-refractivity contribution is 0.633. The molecule has 0 bridgehead atoms. The zero-order valence-corrected chi connectivity index (χ0v) is 13.9. The third kappa shape index (κ3) is 4.89. The number of nitrogens with one attached hydrogen (secondary N) is 2. The molecule has 1 aromatic carbocycles. The number of halogens is 1. The number of aliphatic imine (C=N–C) groups is 1. The first-order valence-corrected chi connectivity index (χ1v) is 6.57. The van der Waals surface area contributed by atoms with Crippen LogP contribution in [0.2, 0.25) is 0 Å². The van der Waals surface area contributed by atoms with E-state index in [0.29, 0.717) is 6.04 Å². The summed E-state index contributed by atoms with van der Waals surface area (Å²) in [4.78, 5) is 6.68. The van der Waals surface area contributed by atoms with E-state index in [1.54, 1.807) is 0 Å². The summed E-state index contributed by atoms with van der Waals surface area (Å²) in [6.07, 6.45) is 1.13. The van der Waals surface area contributed by atoms with Crippen molar-refractivity contribution in [1.82, 2.24) is 10.6 Å². The third-order valence-corrected chi connectivity index (χ3v) is 3.29. The Morgan fingerprint density at radius 2 is 2.11 bits per heavy atom. The fourth-order valence-electron chi connectivity index (χ4n) is 1.95. The van der Waals surface area contributed by atoms with Gasteiger partial charge in [0.15, 0.2) is 5.96 Å². The van der Waals surface area contributed by atoms with Crippen LogP contribution in [0.3, 0.4) is 0 Å². The van der Waals surface area contributed by atoms with Crippen molar-refractivity contribution < 1.29 is 0 Å². The SMILES string of the molecule is CC(CNC1=NCCCN1)N(C)c1ccccc1.I. The number of hydrogen-bond acceptors (Lipinski definition) is 4. The van der Waals surface area contributed by atoms with Crippen molar-refractivity contribution >= 4 is 35.6 Å². The van der Waals surface area contributed by atoms with Crippen molar-refractivity contribution in [2.45, 2.75) is 19.4 Å². The van der Waals surface area contributed by atoms with Crippen molar-refractivity contribution in [2.24, 2.45) is 4.99 Å². The minimum atomic E-state index is 0. The number of rotatable bonds is 4. The Labute approximate surface area is 132 Å². The lowest BCUT2D eigenvalue weighted by Crippen LogP contribution is -2.46. The Bertz CT molecular complexity index is 394. The van der Waals surface area contributed by atoms with Crippen LogP contribution in [0.15, 0.2) is 35.3 Å². The van der Waals surface area contributed by atoms with E-state index in [-0.39, 0.29) is 24.0 Å². The first-order chi connectivity index (χ1) is 8.77. The maximum absolute atomic E-state index is 4.41. The Morgan fingerprint density at radius 1 is 1.37 bits per heavy atom. The molecule has 0 saturated heterocycles. The highest BCUT2D eigenvalue weighted by Gasteiger charge is 2.11. The number of para-hydroxylation sites is 1. The van der Waals surface area contributed by atoms with Gasteiger partial charge in [0.1, 0.15) is 0 Å². The normalized spacial score (nSPS) is 15.6. The summed E-state index contributed by atoms with van der Waals surface area (Å²) in [5.41, 5.74) is 1.24. The Balaban J connectivity index is 0.00000180. The number of likely N-dealkylation sites (N-methyl/N-ethyl adjacent to an activating group) is 1. The van der Waals surface area contributed by atoms with Gasteiger partial charge in [0.2, 0.25) is 0 Å². The smallest absolute Gasteiger partial charge is 0.191 e. The second kappa shape index (κ2) is 8.24. The van der Waals surface area contributed by atoms with E-state index in [2.05, 4.69) is 58.8 Å². The van der Waals surface area contributed by atoms with E-state index >= 15 is 0 Å². The molecule has 1 unspecified atom stereocenters. The Kier molecular flexibility index (Phi) is 6.97. The van der Waals surface area contributed by atoms with Gasteiger partial charge >= 0.3 is 0 Å². The molecule has 0 aliphatic carbocycles. The predicted octanol–water partition coefficient (Wildman–Crippen LogP) is 2.07. The number of benzene rings is 1. The lowest BCUT2D eigenvalue weighted by Gasteiger charge is -2.28. The van der Waals surface area contributed by atoms with Gasteiger partial charge in [-0.25, -0.2) is 0 Å². The van der Waals surface area contributed by atoms with Crippen LogP contribution in [0.1, 0.15) is 13.3 Å². The predicted molar refractivity (Wildman–Crippen MR) is 92.6 cm³/mol. The molecule has 1 aliphatic rings. The molecule has 1 aromatic rings. The van der Waals surface area contributed by atoms with E-state index < -0.39 is 0 Å². The summed E-state index contributed by atoms with van der Waals surface area (Å²) < 4.78 is 0. The molecule has 2 N–H and O–H groups in total. The second-order valence-electron chi connectivity index (χ2n) is 4.69. The topological polar surface area (TPSA) is 39.7 Å². The molecule has 2 rings (SSSR count).